The maximum Gasteiger partial charge on any atom is 0.264 e. The summed E-state index contributed by atoms with van der Waals surface area (Å²) in [6, 6.07) is 5.21. The standard InChI is InChI=1S/C16H13ClF2N2OS2.C2H6/c17-11-4-20-15-12(2-1-10(14(11)15)16(18)19)21-24-13-3-8(7-23-13)9-5-22-6-9;1-2/h1-4,7,9,16,20-21H,5-6H2;1-2H3. The molecule has 0 atom stereocenters. The molecular weight excluding hydrogens is 398 g/mol. The highest BCUT2D eigenvalue weighted by molar-refractivity contribution is 8.02. The number of thiophene rings is 1. The molecule has 3 nitrogen and oxygen atoms in total. The normalized spacial score (nSPS) is 14.2. The van der Waals surface area contributed by atoms with Crippen molar-refractivity contribution in [3.63, 3.8) is 0 Å². The lowest BCUT2D eigenvalue weighted by Gasteiger charge is -2.24. The number of H-pyrrole nitrogens is 1. The van der Waals surface area contributed by atoms with Crippen molar-refractivity contribution >= 4 is 51.5 Å². The zero-order chi connectivity index (χ0) is 18.7. The highest BCUT2D eigenvalue weighted by Gasteiger charge is 2.22. The van der Waals surface area contributed by atoms with Gasteiger partial charge in [-0.05, 0) is 35.0 Å². The summed E-state index contributed by atoms with van der Waals surface area (Å²) in [4.78, 5) is 2.98. The molecule has 0 spiro atoms. The maximum absolute atomic E-state index is 13.1. The summed E-state index contributed by atoms with van der Waals surface area (Å²) in [6.45, 7) is 5.57. The molecular formula is C18H19ClF2N2OS2. The third-order valence-corrected chi connectivity index (χ3v) is 6.24. The average molecular weight is 417 g/mol. The number of ether oxygens (including phenoxy) is 1. The van der Waals surface area contributed by atoms with Gasteiger partial charge in [0.1, 0.15) is 0 Å². The second-order valence-electron chi connectivity index (χ2n) is 5.53. The molecule has 26 heavy (non-hydrogen) atoms. The summed E-state index contributed by atoms with van der Waals surface area (Å²) in [6.07, 6.45) is -1.03. The van der Waals surface area contributed by atoms with Gasteiger partial charge in [-0.2, -0.15) is 0 Å². The van der Waals surface area contributed by atoms with Gasteiger partial charge in [-0.1, -0.05) is 31.5 Å². The Labute approximate surface area is 164 Å². The van der Waals surface area contributed by atoms with Crippen LogP contribution in [0.4, 0.5) is 14.5 Å². The van der Waals surface area contributed by atoms with Crippen LogP contribution in [0, 0.1) is 0 Å². The van der Waals surface area contributed by atoms with E-state index in [9.17, 15) is 8.78 Å². The van der Waals surface area contributed by atoms with Crippen molar-refractivity contribution in [3.8, 4) is 0 Å². The first-order valence-electron chi connectivity index (χ1n) is 8.30. The summed E-state index contributed by atoms with van der Waals surface area (Å²) in [5.41, 5.74) is 2.55. The summed E-state index contributed by atoms with van der Waals surface area (Å²) >= 11 is 9.18. The third-order valence-electron chi connectivity index (χ3n) is 4.02. The van der Waals surface area contributed by atoms with Gasteiger partial charge in [0.25, 0.3) is 6.43 Å². The number of nitrogens with one attached hydrogen (secondary N) is 2. The van der Waals surface area contributed by atoms with Gasteiger partial charge in [0.2, 0.25) is 0 Å². The number of aromatic nitrogens is 1. The summed E-state index contributed by atoms with van der Waals surface area (Å²) < 4.78 is 35.9. The van der Waals surface area contributed by atoms with Gasteiger partial charge in [-0.15, -0.1) is 11.3 Å². The van der Waals surface area contributed by atoms with Gasteiger partial charge in [-0.25, -0.2) is 8.78 Å². The zero-order valence-electron chi connectivity index (χ0n) is 14.3. The lowest BCUT2D eigenvalue weighted by Crippen LogP contribution is -2.24. The van der Waals surface area contributed by atoms with E-state index in [4.69, 9.17) is 16.3 Å². The second-order valence-corrected chi connectivity index (χ2v) is 7.95. The maximum atomic E-state index is 13.1. The van der Waals surface area contributed by atoms with Gasteiger partial charge in [0.15, 0.2) is 0 Å². The summed E-state index contributed by atoms with van der Waals surface area (Å²) in [5, 5.41) is 2.81. The Morgan fingerprint density at radius 2 is 2.12 bits per heavy atom. The van der Waals surface area contributed by atoms with Crippen molar-refractivity contribution in [1.82, 2.24) is 4.98 Å². The SMILES string of the molecule is CC.FC(F)c1ccc(NSc2cc(C3COC3)cs2)c2[nH]cc(Cl)c12. The Balaban J connectivity index is 0.000000948. The molecule has 0 radical (unpaired) electrons. The molecule has 0 amide bonds. The molecule has 3 aromatic rings. The molecule has 1 aromatic carbocycles. The Kier molecular flexibility index (Phi) is 6.45. The van der Waals surface area contributed by atoms with Crippen LogP contribution in [0.1, 0.15) is 37.3 Å². The predicted octanol–water partition coefficient (Wildman–Crippen LogP) is 7.08. The number of hydrogen-bond donors (Lipinski definition) is 2. The molecule has 1 saturated heterocycles. The Morgan fingerprint density at radius 3 is 2.77 bits per heavy atom. The molecule has 140 valence electrons. The van der Waals surface area contributed by atoms with E-state index in [-0.39, 0.29) is 5.56 Å². The van der Waals surface area contributed by atoms with Crippen molar-refractivity contribution < 1.29 is 13.5 Å². The van der Waals surface area contributed by atoms with Gasteiger partial charge in [0.05, 0.1) is 33.6 Å². The van der Waals surface area contributed by atoms with Gasteiger partial charge >= 0.3 is 0 Å². The number of aromatic amines is 1. The Morgan fingerprint density at radius 1 is 1.35 bits per heavy atom. The monoisotopic (exact) mass is 416 g/mol. The highest BCUT2D eigenvalue weighted by Crippen LogP contribution is 2.39. The fraction of sp³-hybridized carbons (Fsp3) is 0.333. The van der Waals surface area contributed by atoms with Crippen LogP contribution in [0.3, 0.4) is 0 Å². The number of halogens is 3. The average Bonchev–Trinajstić information content (AvgIpc) is 3.21. The number of benzene rings is 1. The quantitative estimate of drug-likeness (QED) is 0.436. The molecule has 0 bridgehead atoms. The molecule has 3 heterocycles. The number of anilines is 1. The van der Waals surface area contributed by atoms with Crippen molar-refractivity contribution in [2.45, 2.75) is 30.4 Å². The van der Waals surface area contributed by atoms with Gasteiger partial charge in [0, 0.05) is 23.1 Å². The minimum atomic E-state index is -2.56. The van der Waals surface area contributed by atoms with Crippen LogP contribution in [0.25, 0.3) is 10.9 Å². The van der Waals surface area contributed by atoms with E-state index in [0.29, 0.717) is 21.8 Å². The van der Waals surface area contributed by atoms with Crippen LogP contribution < -0.4 is 4.72 Å². The first-order valence-corrected chi connectivity index (χ1v) is 10.4. The summed E-state index contributed by atoms with van der Waals surface area (Å²) in [5.74, 6) is 0.495. The van der Waals surface area contributed by atoms with Crippen LogP contribution in [-0.4, -0.2) is 18.2 Å². The number of alkyl halides is 2. The fourth-order valence-electron chi connectivity index (χ4n) is 2.63. The van der Waals surface area contributed by atoms with Crippen LogP contribution >= 0.6 is 34.9 Å². The van der Waals surface area contributed by atoms with E-state index >= 15 is 0 Å². The predicted molar refractivity (Wildman–Crippen MR) is 107 cm³/mol. The molecule has 4 rings (SSSR count). The first-order chi connectivity index (χ1) is 12.6. The molecule has 0 saturated carbocycles. The number of rotatable bonds is 5. The van der Waals surface area contributed by atoms with E-state index < -0.39 is 6.43 Å². The minimum Gasteiger partial charge on any atom is -0.380 e. The van der Waals surface area contributed by atoms with E-state index in [1.807, 2.05) is 13.8 Å². The molecule has 2 N–H and O–H groups in total. The topological polar surface area (TPSA) is 37.0 Å². The molecule has 8 heteroatoms. The first kappa shape index (κ1) is 19.5. The fourth-order valence-corrected chi connectivity index (χ4v) is 4.64. The molecule has 1 fully saturated rings. The summed E-state index contributed by atoms with van der Waals surface area (Å²) in [7, 11) is 0. The molecule has 1 aliphatic heterocycles. The van der Waals surface area contributed by atoms with Crippen molar-refractivity contribution in [1.29, 1.82) is 0 Å². The lowest BCUT2D eigenvalue weighted by atomic mass is 10.0. The Hall–Kier alpha value is -1.28. The van der Waals surface area contributed by atoms with E-state index in [0.717, 1.165) is 23.1 Å². The Bertz CT molecular complexity index is 877. The van der Waals surface area contributed by atoms with E-state index in [1.165, 1.54) is 29.8 Å². The van der Waals surface area contributed by atoms with Crippen molar-refractivity contribution in [3.05, 3.63) is 45.9 Å². The van der Waals surface area contributed by atoms with Gasteiger partial charge < -0.3 is 14.4 Å². The third kappa shape index (κ3) is 3.86. The number of fused-ring (bicyclic) bond motifs is 1. The highest BCUT2D eigenvalue weighted by atomic mass is 35.5. The van der Waals surface area contributed by atoms with Crippen LogP contribution in [0.5, 0.6) is 0 Å². The van der Waals surface area contributed by atoms with Crippen molar-refractivity contribution in [2.75, 3.05) is 17.9 Å². The molecule has 0 aliphatic carbocycles. The van der Waals surface area contributed by atoms with Crippen LogP contribution in [0.15, 0.2) is 34.0 Å². The lowest BCUT2D eigenvalue weighted by molar-refractivity contribution is 0.00854. The van der Waals surface area contributed by atoms with Crippen LogP contribution in [0.2, 0.25) is 5.02 Å². The van der Waals surface area contributed by atoms with Gasteiger partial charge in [-0.3, -0.25) is 0 Å². The minimum absolute atomic E-state index is 0.0600. The number of hydrogen-bond acceptors (Lipinski definition) is 4. The molecule has 2 aromatic heterocycles. The largest absolute Gasteiger partial charge is 0.380 e. The smallest absolute Gasteiger partial charge is 0.264 e. The van der Waals surface area contributed by atoms with Crippen molar-refractivity contribution in [2.24, 2.45) is 0 Å². The van der Waals surface area contributed by atoms with Crippen LogP contribution in [-0.2, 0) is 4.74 Å². The van der Waals surface area contributed by atoms with E-state index in [2.05, 4.69) is 21.2 Å². The zero-order valence-corrected chi connectivity index (χ0v) is 16.7. The molecule has 1 aliphatic rings. The second kappa shape index (κ2) is 8.61. The van der Waals surface area contributed by atoms with E-state index in [1.54, 1.807) is 17.4 Å². The molecule has 0 unspecified atom stereocenters.